The van der Waals surface area contributed by atoms with Crippen LogP contribution in [0.5, 0.6) is 0 Å². The smallest absolute Gasteiger partial charge is 0.220 e. The van der Waals surface area contributed by atoms with E-state index in [1.54, 1.807) is 0 Å². The average molecular weight is 283 g/mol. The van der Waals surface area contributed by atoms with Crippen molar-refractivity contribution in [3.05, 3.63) is 0 Å². The molecule has 0 bridgehead atoms. The number of carbonyl (C=O) groups is 1. The molecule has 3 N–H and O–H groups in total. The van der Waals surface area contributed by atoms with Gasteiger partial charge in [0.2, 0.25) is 5.91 Å². The molecule has 20 heavy (non-hydrogen) atoms. The third kappa shape index (κ3) is 6.71. The van der Waals surface area contributed by atoms with Crippen LogP contribution in [-0.2, 0) is 4.79 Å². The number of likely N-dealkylation sites (tertiary alicyclic amines) is 1. The van der Waals surface area contributed by atoms with Gasteiger partial charge in [-0.3, -0.25) is 9.69 Å². The zero-order chi connectivity index (χ0) is 14.8. The minimum absolute atomic E-state index is 0.198. The number of nitrogens with two attached hydrogens (primary N) is 1. The lowest BCUT2D eigenvalue weighted by Gasteiger charge is -2.32. The fourth-order valence-electron chi connectivity index (χ4n) is 2.96. The summed E-state index contributed by atoms with van der Waals surface area (Å²) in [4.78, 5) is 14.4. The molecule has 1 amide bonds. The zero-order valence-electron chi connectivity index (χ0n) is 13.4. The molecule has 118 valence electrons. The van der Waals surface area contributed by atoms with Gasteiger partial charge in [-0.15, -0.1) is 0 Å². The highest BCUT2D eigenvalue weighted by molar-refractivity contribution is 5.75. The number of carbonyl (C=O) groups excluding carboxylic acids is 1. The van der Waals surface area contributed by atoms with E-state index in [2.05, 4.69) is 24.1 Å². The van der Waals surface area contributed by atoms with Crippen molar-refractivity contribution < 1.29 is 4.79 Å². The predicted octanol–water partition coefficient (Wildman–Crippen LogP) is 2.13. The minimum atomic E-state index is 0.198. The van der Waals surface area contributed by atoms with Crippen molar-refractivity contribution in [3.8, 4) is 0 Å². The highest BCUT2D eigenvalue weighted by atomic mass is 16.1. The standard InChI is InChI=1S/C16H33N3O/c1-3-15(9-10-17)7-8-16(20)18-13-14(2)19-11-5-4-6-12-19/h14-15H,3-13,17H2,1-2H3,(H,18,20). The first-order valence-corrected chi connectivity index (χ1v) is 8.38. The second-order valence-electron chi connectivity index (χ2n) is 6.14. The van der Waals surface area contributed by atoms with Gasteiger partial charge in [0, 0.05) is 19.0 Å². The fraction of sp³-hybridized carbons (Fsp3) is 0.938. The molecule has 0 aliphatic carbocycles. The lowest BCUT2D eigenvalue weighted by molar-refractivity contribution is -0.121. The molecule has 1 aliphatic heterocycles. The van der Waals surface area contributed by atoms with Crippen molar-refractivity contribution in [1.29, 1.82) is 0 Å². The Bertz CT molecular complexity index is 264. The SMILES string of the molecule is CCC(CCN)CCC(=O)NCC(C)N1CCCCC1. The van der Waals surface area contributed by atoms with Gasteiger partial charge < -0.3 is 11.1 Å². The third-order valence-electron chi connectivity index (χ3n) is 4.54. The molecule has 2 unspecified atom stereocenters. The number of amides is 1. The Morgan fingerprint density at radius 1 is 1.25 bits per heavy atom. The molecule has 0 spiro atoms. The summed E-state index contributed by atoms with van der Waals surface area (Å²) in [7, 11) is 0. The summed E-state index contributed by atoms with van der Waals surface area (Å²) in [5.41, 5.74) is 5.59. The number of hydrogen-bond acceptors (Lipinski definition) is 3. The van der Waals surface area contributed by atoms with Crippen LogP contribution in [0, 0.1) is 5.92 Å². The fourth-order valence-corrected chi connectivity index (χ4v) is 2.96. The molecule has 0 aromatic carbocycles. The van der Waals surface area contributed by atoms with Crippen molar-refractivity contribution >= 4 is 5.91 Å². The second-order valence-corrected chi connectivity index (χ2v) is 6.14. The van der Waals surface area contributed by atoms with E-state index >= 15 is 0 Å². The quantitative estimate of drug-likeness (QED) is 0.681. The predicted molar refractivity (Wildman–Crippen MR) is 84.6 cm³/mol. The molecule has 1 fully saturated rings. The Hall–Kier alpha value is -0.610. The molecule has 0 radical (unpaired) electrons. The summed E-state index contributed by atoms with van der Waals surface area (Å²) < 4.78 is 0. The summed E-state index contributed by atoms with van der Waals surface area (Å²) >= 11 is 0. The van der Waals surface area contributed by atoms with Crippen LogP contribution in [0.4, 0.5) is 0 Å². The van der Waals surface area contributed by atoms with Crippen molar-refractivity contribution in [2.75, 3.05) is 26.2 Å². The summed E-state index contributed by atoms with van der Waals surface area (Å²) in [5, 5.41) is 3.09. The van der Waals surface area contributed by atoms with Crippen LogP contribution in [0.1, 0.15) is 58.8 Å². The molecule has 1 heterocycles. The zero-order valence-corrected chi connectivity index (χ0v) is 13.4. The number of nitrogens with one attached hydrogen (secondary N) is 1. The van der Waals surface area contributed by atoms with Crippen LogP contribution in [0.3, 0.4) is 0 Å². The Balaban J connectivity index is 2.15. The van der Waals surface area contributed by atoms with Gasteiger partial charge in [-0.2, -0.15) is 0 Å². The molecule has 2 atom stereocenters. The lowest BCUT2D eigenvalue weighted by atomic mass is 9.96. The van der Waals surface area contributed by atoms with Crippen molar-refractivity contribution in [1.82, 2.24) is 10.2 Å². The van der Waals surface area contributed by atoms with Crippen molar-refractivity contribution in [3.63, 3.8) is 0 Å². The lowest BCUT2D eigenvalue weighted by Crippen LogP contribution is -2.44. The topological polar surface area (TPSA) is 58.4 Å². The molecular weight excluding hydrogens is 250 g/mol. The number of nitrogens with zero attached hydrogens (tertiary/aromatic N) is 1. The summed E-state index contributed by atoms with van der Waals surface area (Å²) in [5.74, 6) is 0.801. The van der Waals surface area contributed by atoms with Gasteiger partial charge in [-0.05, 0) is 58.2 Å². The van der Waals surface area contributed by atoms with Crippen LogP contribution in [0.15, 0.2) is 0 Å². The maximum Gasteiger partial charge on any atom is 0.220 e. The van der Waals surface area contributed by atoms with Gasteiger partial charge in [-0.1, -0.05) is 19.8 Å². The van der Waals surface area contributed by atoms with E-state index in [-0.39, 0.29) is 5.91 Å². The second kappa shape index (κ2) is 10.2. The molecule has 0 saturated carbocycles. The molecule has 1 saturated heterocycles. The number of piperidine rings is 1. The van der Waals surface area contributed by atoms with Crippen LogP contribution >= 0.6 is 0 Å². The van der Waals surface area contributed by atoms with Gasteiger partial charge in [0.1, 0.15) is 0 Å². The molecule has 4 nitrogen and oxygen atoms in total. The Morgan fingerprint density at radius 2 is 1.95 bits per heavy atom. The van der Waals surface area contributed by atoms with Gasteiger partial charge in [0.05, 0.1) is 0 Å². The highest BCUT2D eigenvalue weighted by Gasteiger charge is 2.17. The van der Waals surface area contributed by atoms with E-state index < -0.39 is 0 Å². The monoisotopic (exact) mass is 283 g/mol. The van der Waals surface area contributed by atoms with E-state index in [1.807, 2.05) is 0 Å². The first-order chi connectivity index (χ1) is 9.67. The molecule has 4 heteroatoms. The average Bonchev–Trinajstić information content (AvgIpc) is 2.49. The first kappa shape index (κ1) is 17.4. The molecular formula is C16H33N3O. The normalized spacial score (nSPS) is 19.6. The highest BCUT2D eigenvalue weighted by Crippen LogP contribution is 2.14. The van der Waals surface area contributed by atoms with E-state index in [9.17, 15) is 4.79 Å². The first-order valence-electron chi connectivity index (χ1n) is 8.38. The van der Waals surface area contributed by atoms with Crippen molar-refractivity contribution in [2.45, 2.75) is 64.8 Å². The maximum absolute atomic E-state index is 11.9. The van der Waals surface area contributed by atoms with Crippen LogP contribution in [-0.4, -0.2) is 43.0 Å². The van der Waals surface area contributed by atoms with Gasteiger partial charge in [0.15, 0.2) is 0 Å². The molecule has 0 aromatic rings. The summed E-state index contributed by atoms with van der Waals surface area (Å²) in [6, 6.07) is 0.463. The molecule has 1 aliphatic rings. The Labute approximate surface area is 124 Å². The van der Waals surface area contributed by atoms with E-state index in [1.165, 1.54) is 32.4 Å². The van der Waals surface area contributed by atoms with Crippen LogP contribution in [0.2, 0.25) is 0 Å². The van der Waals surface area contributed by atoms with Crippen LogP contribution in [0.25, 0.3) is 0 Å². The van der Waals surface area contributed by atoms with Gasteiger partial charge in [-0.25, -0.2) is 0 Å². The van der Waals surface area contributed by atoms with Crippen molar-refractivity contribution in [2.24, 2.45) is 11.7 Å². The maximum atomic E-state index is 11.9. The Morgan fingerprint density at radius 3 is 2.55 bits per heavy atom. The third-order valence-corrected chi connectivity index (χ3v) is 4.54. The number of hydrogen-bond donors (Lipinski definition) is 2. The number of rotatable bonds is 9. The summed E-state index contributed by atoms with van der Waals surface area (Å²) in [6.07, 6.45) is 7.73. The van der Waals surface area contributed by atoms with E-state index in [4.69, 9.17) is 5.73 Å². The minimum Gasteiger partial charge on any atom is -0.355 e. The largest absolute Gasteiger partial charge is 0.355 e. The van der Waals surface area contributed by atoms with Crippen LogP contribution < -0.4 is 11.1 Å². The van der Waals surface area contributed by atoms with E-state index in [0.29, 0.717) is 18.4 Å². The molecule has 1 rings (SSSR count). The molecule has 0 aromatic heterocycles. The van der Waals surface area contributed by atoms with Gasteiger partial charge >= 0.3 is 0 Å². The summed E-state index contributed by atoms with van der Waals surface area (Å²) in [6.45, 7) is 8.28. The Kier molecular flexibility index (Phi) is 8.86. The van der Waals surface area contributed by atoms with Gasteiger partial charge in [0.25, 0.3) is 0 Å². The van der Waals surface area contributed by atoms with E-state index in [0.717, 1.165) is 32.4 Å².